The van der Waals surface area contributed by atoms with Crippen LogP contribution in [0.25, 0.3) is 0 Å². The minimum absolute atomic E-state index is 0.0112. The molecular weight excluding hydrogens is 228 g/mol. The molecule has 1 N–H and O–H groups in total. The standard InChI is InChI=1S/C15H22OS/c1-10-5-6-12(17-10)15(16)13(2,3)11-7-8-14(15,4)9-11/h5-6,11,16H,7-9H2,1-4H3. The van der Waals surface area contributed by atoms with Crippen LogP contribution < -0.4 is 0 Å². The van der Waals surface area contributed by atoms with Gasteiger partial charge in [-0.15, -0.1) is 11.3 Å². The number of hydrogen-bond donors (Lipinski definition) is 1. The Kier molecular flexibility index (Phi) is 2.18. The largest absolute Gasteiger partial charge is 0.383 e. The van der Waals surface area contributed by atoms with Gasteiger partial charge in [-0.1, -0.05) is 20.8 Å². The number of hydrogen-bond acceptors (Lipinski definition) is 2. The minimum Gasteiger partial charge on any atom is -0.383 e. The van der Waals surface area contributed by atoms with E-state index in [2.05, 4.69) is 39.8 Å². The molecule has 3 atom stereocenters. The number of thiophene rings is 1. The zero-order valence-corrected chi connectivity index (χ0v) is 12.0. The van der Waals surface area contributed by atoms with Crippen LogP contribution in [0.4, 0.5) is 0 Å². The second-order valence-electron chi connectivity index (χ2n) is 6.84. The quantitative estimate of drug-likeness (QED) is 0.796. The van der Waals surface area contributed by atoms with Crippen LogP contribution in [0.2, 0.25) is 0 Å². The average molecular weight is 250 g/mol. The van der Waals surface area contributed by atoms with Gasteiger partial charge in [0, 0.05) is 20.6 Å². The molecule has 0 aliphatic heterocycles. The predicted octanol–water partition coefficient (Wildman–Crippen LogP) is 4.09. The van der Waals surface area contributed by atoms with Crippen LogP contribution in [0.15, 0.2) is 12.1 Å². The molecule has 17 heavy (non-hydrogen) atoms. The molecule has 2 fully saturated rings. The molecule has 0 amide bonds. The highest BCUT2D eigenvalue weighted by Crippen LogP contribution is 2.72. The van der Waals surface area contributed by atoms with Gasteiger partial charge in [-0.3, -0.25) is 0 Å². The summed E-state index contributed by atoms with van der Waals surface area (Å²) in [5.41, 5.74) is -0.530. The van der Waals surface area contributed by atoms with E-state index in [0.29, 0.717) is 5.92 Å². The average Bonchev–Trinajstić information content (AvgIpc) is 2.86. The smallest absolute Gasteiger partial charge is 0.109 e. The van der Waals surface area contributed by atoms with Crippen molar-refractivity contribution < 1.29 is 5.11 Å². The SMILES string of the molecule is Cc1ccc(C2(O)C3(C)CCC(C3)C2(C)C)s1. The molecule has 3 rings (SSSR count). The van der Waals surface area contributed by atoms with E-state index in [9.17, 15) is 5.11 Å². The minimum atomic E-state index is -0.623. The van der Waals surface area contributed by atoms with Crippen molar-refractivity contribution >= 4 is 11.3 Å². The molecule has 2 heteroatoms. The molecule has 2 bridgehead atoms. The third-order valence-corrected chi connectivity index (χ3v) is 6.77. The number of aryl methyl sites for hydroxylation is 1. The van der Waals surface area contributed by atoms with Crippen LogP contribution in [0.3, 0.4) is 0 Å². The lowest BCUT2D eigenvalue weighted by Gasteiger charge is -2.50. The molecule has 0 spiro atoms. The zero-order chi connectivity index (χ0) is 12.5. The van der Waals surface area contributed by atoms with Crippen molar-refractivity contribution in [3.8, 4) is 0 Å². The van der Waals surface area contributed by atoms with Gasteiger partial charge in [0.05, 0.1) is 0 Å². The third kappa shape index (κ3) is 1.18. The maximum absolute atomic E-state index is 11.5. The van der Waals surface area contributed by atoms with Gasteiger partial charge in [0.15, 0.2) is 0 Å². The zero-order valence-electron chi connectivity index (χ0n) is 11.2. The Labute approximate surface area is 108 Å². The number of fused-ring (bicyclic) bond motifs is 2. The third-order valence-electron chi connectivity index (χ3n) is 5.67. The molecule has 94 valence electrons. The Morgan fingerprint density at radius 2 is 2.00 bits per heavy atom. The first-order valence-corrected chi connectivity index (χ1v) is 7.42. The van der Waals surface area contributed by atoms with Crippen LogP contribution in [0.5, 0.6) is 0 Å². The summed E-state index contributed by atoms with van der Waals surface area (Å²) < 4.78 is 0. The van der Waals surface area contributed by atoms with Crippen LogP contribution >= 0.6 is 11.3 Å². The van der Waals surface area contributed by atoms with Gasteiger partial charge in [-0.05, 0) is 44.2 Å². The maximum atomic E-state index is 11.5. The van der Waals surface area contributed by atoms with Gasteiger partial charge in [-0.2, -0.15) is 0 Å². The molecule has 0 saturated heterocycles. The molecule has 1 nitrogen and oxygen atoms in total. The van der Waals surface area contributed by atoms with Gasteiger partial charge in [0.1, 0.15) is 5.60 Å². The number of aliphatic hydroxyl groups is 1. The summed E-state index contributed by atoms with van der Waals surface area (Å²) in [7, 11) is 0. The summed E-state index contributed by atoms with van der Waals surface area (Å²) in [4.78, 5) is 2.49. The van der Waals surface area contributed by atoms with Crippen molar-refractivity contribution in [1.29, 1.82) is 0 Å². The number of rotatable bonds is 1. The van der Waals surface area contributed by atoms with Gasteiger partial charge in [-0.25, -0.2) is 0 Å². The van der Waals surface area contributed by atoms with E-state index in [-0.39, 0.29) is 10.8 Å². The molecule has 3 unspecified atom stereocenters. The van der Waals surface area contributed by atoms with Gasteiger partial charge in [0.2, 0.25) is 0 Å². The van der Waals surface area contributed by atoms with Crippen LogP contribution in [0.1, 0.15) is 49.8 Å². The molecular formula is C15H22OS. The monoisotopic (exact) mass is 250 g/mol. The Morgan fingerprint density at radius 1 is 1.29 bits per heavy atom. The Balaban J connectivity index is 2.17. The van der Waals surface area contributed by atoms with Crippen molar-refractivity contribution in [2.24, 2.45) is 16.7 Å². The topological polar surface area (TPSA) is 20.2 Å². The molecule has 1 aromatic rings. The Hall–Kier alpha value is -0.340. The van der Waals surface area contributed by atoms with Crippen molar-refractivity contribution in [3.05, 3.63) is 21.9 Å². The van der Waals surface area contributed by atoms with Crippen LogP contribution in [-0.4, -0.2) is 5.11 Å². The van der Waals surface area contributed by atoms with E-state index >= 15 is 0 Å². The lowest BCUT2D eigenvalue weighted by molar-refractivity contribution is -0.148. The lowest BCUT2D eigenvalue weighted by atomic mass is 9.60. The first-order valence-electron chi connectivity index (χ1n) is 6.60. The van der Waals surface area contributed by atoms with Crippen molar-refractivity contribution in [3.63, 3.8) is 0 Å². The predicted molar refractivity (Wildman–Crippen MR) is 72.2 cm³/mol. The van der Waals surface area contributed by atoms with E-state index in [1.54, 1.807) is 11.3 Å². The molecule has 1 aromatic heterocycles. The van der Waals surface area contributed by atoms with Crippen molar-refractivity contribution in [2.45, 2.75) is 52.6 Å². The van der Waals surface area contributed by atoms with E-state index in [4.69, 9.17) is 0 Å². The fraction of sp³-hybridized carbons (Fsp3) is 0.733. The van der Waals surface area contributed by atoms with Gasteiger partial charge in [0.25, 0.3) is 0 Å². The first-order chi connectivity index (χ1) is 7.81. The summed E-state index contributed by atoms with van der Waals surface area (Å²) in [6.45, 7) is 8.94. The second kappa shape index (κ2) is 3.16. The summed E-state index contributed by atoms with van der Waals surface area (Å²) in [5, 5.41) is 11.5. The van der Waals surface area contributed by atoms with Gasteiger partial charge >= 0.3 is 0 Å². The van der Waals surface area contributed by atoms with E-state index in [1.165, 1.54) is 29.0 Å². The highest BCUT2D eigenvalue weighted by molar-refractivity contribution is 7.12. The fourth-order valence-electron chi connectivity index (χ4n) is 4.50. The summed E-state index contributed by atoms with van der Waals surface area (Å²) >= 11 is 1.77. The van der Waals surface area contributed by atoms with E-state index in [1.807, 2.05) is 0 Å². The summed E-state index contributed by atoms with van der Waals surface area (Å²) in [6.07, 6.45) is 3.65. The lowest BCUT2D eigenvalue weighted by Crippen LogP contribution is -2.50. The molecule has 2 aliphatic rings. The van der Waals surface area contributed by atoms with E-state index in [0.717, 1.165) is 0 Å². The molecule has 1 heterocycles. The summed E-state index contributed by atoms with van der Waals surface area (Å²) in [6, 6.07) is 4.29. The highest BCUT2D eigenvalue weighted by Gasteiger charge is 2.69. The van der Waals surface area contributed by atoms with E-state index < -0.39 is 5.60 Å². The second-order valence-corrected chi connectivity index (χ2v) is 8.13. The molecule has 0 radical (unpaired) electrons. The molecule has 2 saturated carbocycles. The highest BCUT2D eigenvalue weighted by atomic mass is 32.1. The molecule has 0 aromatic carbocycles. The fourth-order valence-corrected chi connectivity index (χ4v) is 5.78. The molecule has 2 aliphatic carbocycles. The van der Waals surface area contributed by atoms with Crippen molar-refractivity contribution in [1.82, 2.24) is 0 Å². The maximum Gasteiger partial charge on any atom is 0.109 e. The Morgan fingerprint density at radius 3 is 2.47 bits per heavy atom. The summed E-state index contributed by atoms with van der Waals surface area (Å²) in [5.74, 6) is 0.680. The Bertz CT molecular complexity index is 454. The van der Waals surface area contributed by atoms with Gasteiger partial charge < -0.3 is 5.11 Å². The van der Waals surface area contributed by atoms with Crippen molar-refractivity contribution in [2.75, 3.05) is 0 Å². The van der Waals surface area contributed by atoms with Crippen LogP contribution in [-0.2, 0) is 5.60 Å². The first kappa shape index (κ1) is 11.7. The van der Waals surface area contributed by atoms with Crippen LogP contribution in [0, 0.1) is 23.7 Å². The normalized spacial score (nSPS) is 43.2.